The number of methoxy groups -OCH3 is 2. The number of amides is 1. The molecule has 0 aromatic carbocycles. The lowest BCUT2D eigenvalue weighted by Crippen LogP contribution is -2.45. The van der Waals surface area contributed by atoms with Crippen LogP contribution in [0.25, 0.3) is 0 Å². The summed E-state index contributed by atoms with van der Waals surface area (Å²) in [7, 11) is 3.17. The Morgan fingerprint density at radius 1 is 1.29 bits per heavy atom. The van der Waals surface area contributed by atoms with Crippen molar-refractivity contribution in [1.29, 1.82) is 0 Å². The fourth-order valence-electron chi connectivity index (χ4n) is 4.93. The number of halogens is 3. The summed E-state index contributed by atoms with van der Waals surface area (Å²) < 4.78 is 48.8. The van der Waals surface area contributed by atoms with E-state index in [2.05, 4.69) is 15.6 Å². The van der Waals surface area contributed by atoms with Crippen LogP contribution in [0, 0.1) is 17.8 Å². The second-order valence-electron chi connectivity index (χ2n) is 8.49. The Kier molecular flexibility index (Phi) is 5.84. The normalized spacial score (nSPS) is 35.6. The van der Waals surface area contributed by atoms with Crippen molar-refractivity contribution in [3.8, 4) is 0 Å². The molecule has 4 heterocycles. The van der Waals surface area contributed by atoms with Gasteiger partial charge >= 0.3 is 6.18 Å². The molecular formula is C19H27F3N6O3. The predicted molar refractivity (Wildman–Crippen MR) is 107 cm³/mol. The van der Waals surface area contributed by atoms with Crippen molar-refractivity contribution in [2.45, 2.75) is 44.3 Å². The summed E-state index contributed by atoms with van der Waals surface area (Å²) in [4.78, 5) is 19.6. The van der Waals surface area contributed by atoms with Crippen LogP contribution in [0.5, 0.6) is 0 Å². The monoisotopic (exact) mass is 444 g/mol. The molecular weight excluding hydrogens is 417 g/mol. The molecule has 0 aromatic heterocycles. The minimum Gasteiger partial charge on any atom is -0.483 e. The second kappa shape index (κ2) is 8.29. The quantitative estimate of drug-likeness (QED) is 0.701. The molecule has 1 N–H and O–H groups in total. The number of carbonyl (C=O) groups excluding carboxylic acids is 1. The van der Waals surface area contributed by atoms with E-state index in [1.54, 1.807) is 19.1 Å². The highest BCUT2D eigenvalue weighted by molar-refractivity contribution is 6.12. The molecule has 172 valence electrons. The molecule has 6 unspecified atom stereocenters. The summed E-state index contributed by atoms with van der Waals surface area (Å²) in [5.41, 5.74) is 3.68. The van der Waals surface area contributed by atoms with E-state index in [0.29, 0.717) is 25.3 Å². The molecule has 1 fully saturated rings. The van der Waals surface area contributed by atoms with Gasteiger partial charge in [0.15, 0.2) is 0 Å². The first-order chi connectivity index (χ1) is 14.7. The zero-order chi connectivity index (χ0) is 22.3. The average Bonchev–Trinajstić information content (AvgIpc) is 3.30. The van der Waals surface area contributed by atoms with Gasteiger partial charge in [0.25, 0.3) is 0 Å². The first kappa shape index (κ1) is 21.8. The maximum atomic E-state index is 13.1. The van der Waals surface area contributed by atoms with Crippen LogP contribution in [0.1, 0.15) is 19.8 Å². The SMILES string of the molecule is COC1=NNC(OC)CC1C1CC(C)C2C(=O)N(C3C=NN(CC(F)(F)F)C3)CC2=N1. The van der Waals surface area contributed by atoms with Crippen molar-refractivity contribution >= 4 is 23.7 Å². The predicted octanol–water partition coefficient (Wildman–Crippen LogP) is 1.07. The van der Waals surface area contributed by atoms with E-state index in [9.17, 15) is 18.0 Å². The lowest BCUT2D eigenvalue weighted by molar-refractivity contribution is -0.146. The molecule has 6 atom stereocenters. The van der Waals surface area contributed by atoms with Gasteiger partial charge in [0.05, 0.1) is 44.1 Å². The van der Waals surface area contributed by atoms with Gasteiger partial charge < -0.3 is 14.4 Å². The number of likely N-dealkylation sites (tertiary alicyclic amines) is 1. The van der Waals surface area contributed by atoms with Gasteiger partial charge in [-0.1, -0.05) is 6.92 Å². The van der Waals surface area contributed by atoms with Crippen molar-refractivity contribution in [3.63, 3.8) is 0 Å². The fourth-order valence-corrected chi connectivity index (χ4v) is 4.93. The molecule has 0 aromatic rings. The summed E-state index contributed by atoms with van der Waals surface area (Å²) in [5, 5.41) is 9.06. The lowest BCUT2D eigenvalue weighted by Gasteiger charge is -2.36. The van der Waals surface area contributed by atoms with Gasteiger partial charge in [0, 0.05) is 25.5 Å². The summed E-state index contributed by atoms with van der Waals surface area (Å²) >= 11 is 0. The highest BCUT2D eigenvalue weighted by Crippen LogP contribution is 2.37. The lowest BCUT2D eigenvalue weighted by atomic mass is 9.78. The molecule has 4 aliphatic rings. The number of nitrogens with zero attached hydrogens (tertiary/aromatic N) is 5. The van der Waals surface area contributed by atoms with Gasteiger partial charge in [-0.3, -0.25) is 20.2 Å². The molecule has 0 aliphatic carbocycles. The average molecular weight is 444 g/mol. The number of alkyl halides is 3. The number of ether oxygens (including phenoxy) is 2. The van der Waals surface area contributed by atoms with Gasteiger partial charge in [-0.2, -0.15) is 18.3 Å². The standard InChI is InChI=1S/C19H27F3N6O3/c1-10-4-13(12-5-15(30-2)25-26-17(12)31-3)24-14-8-28(18(29)16(10)14)11-6-23-27(7-11)9-19(20,21)22/h6,10-13,15-16,25H,4-5,7-9H2,1-3H3. The molecule has 4 aliphatic heterocycles. The number of hydrazone groups is 2. The molecule has 0 radical (unpaired) electrons. The van der Waals surface area contributed by atoms with E-state index >= 15 is 0 Å². The van der Waals surface area contributed by atoms with E-state index in [1.165, 1.54) is 6.21 Å². The Morgan fingerprint density at radius 3 is 2.74 bits per heavy atom. The van der Waals surface area contributed by atoms with Crippen LogP contribution in [0.2, 0.25) is 0 Å². The molecule has 0 spiro atoms. The maximum absolute atomic E-state index is 13.1. The van der Waals surface area contributed by atoms with Gasteiger partial charge in [-0.25, -0.2) is 0 Å². The maximum Gasteiger partial charge on any atom is 0.407 e. The number of carbonyl (C=O) groups is 1. The zero-order valence-electron chi connectivity index (χ0n) is 17.7. The number of rotatable bonds is 4. The summed E-state index contributed by atoms with van der Waals surface area (Å²) in [6.07, 6.45) is -1.82. The van der Waals surface area contributed by atoms with E-state index < -0.39 is 18.8 Å². The third-order valence-electron chi connectivity index (χ3n) is 6.38. The van der Waals surface area contributed by atoms with Crippen LogP contribution < -0.4 is 5.43 Å². The minimum atomic E-state index is -4.34. The molecule has 0 bridgehead atoms. The van der Waals surface area contributed by atoms with Gasteiger partial charge in [-0.15, -0.1) is 5.10 Å². The molecule has 12 heteroatoms. The van der Waals surface area contributed by atoms with E-state index in [1.807, 2.05) is 6.92 Å². The summed E-state index contributed by atoms with van der Waals surface area (Å²) in [6, 6.07) is -0.590. The highest BCUT2D eigenvalue weighted by atomic mass is 19.4. The zero-order valence-corrected chi connectivity index (χ0v) is 17.7. The number of hydrogen-bond donors (Lipinski definition) is 1. The molecule has 31 heavy (non-hydrogen) atoms. The Morgan fingerprint density at radius 2 is 2.06 bits per heavy atom. The van der Waals surface area contributed by atoms with E-state index in [-0.39, 0.29) is 42.5 Å². The van der Waals surface area contributed by atoms with Crippen LogP contribution in [-0.4, -0.2) is 92.0 Å². The van der Waals surface area contributed by atoms with Crippen LogP contribution in [0.15, 0.2) is 15.2 Å². The number of aliphatic imine (C=N–C) groups is 1. The first-order valence-electron chi connectivity index (χ1n) is 10.3. The number of fused-ring (bicyclic) bond motifs is 1. The minimum absolute atomic E-state index is 0.0351. The Hall–Kier alpha value is -2.37. The first-order valence-corrected chi connectivity index (χ1v) is 10.3. The molecule has 1 amide bonds. The van der Waals surface area contributed by atoms with Crippen molar-refractivity contribution in [2.24, 2.45) is 32.9 Å². The van der Waals surface area contributed by atoms with Crippen LogP contribution in [0.3, 0.4) is 0 Å². The highest BCUT2D eigenvalue weighted by Gasteiger charge is 2.49. The van der Waals surface area contributed by atoms with Crippen molar-refractivity contribution < 1.29 is 27.4 Å². The smallest absolute Gasteiger partial charge is 0.407 e. The van der Waals surface area contributed by atoms with E-state index in [0.717, 1.165) is 10.7 Å². The largest absolute Gasteiger partial charge is 0.483 e. The van der Waals surface area contributed by atoms with E-state index in [4.69, 9.17) is 14.5 Å². The number of hydrogen-bond acceptors (Lipinski definition) is 8. The second-order valence-corrected chi connectivity index (χ2v) is 8.49. The van der Waals surface area contributed by atoms with Crippen LogP contribution >= 0.6 is 0 Å². The van der Waals surface area contributed by atoms with Gasteiger partial charge in [0.1, 0.15) is 12.8 Å². The van der Waals surface area contributed by atoms with Crippen molar-refractivity contribution in [3.05, 3.63) is 0 Å². The van der Waals surface area contributed by atoms with Gasteiger partial charge in [0.2, 0.25) is 11.8 Å². The molecule has 9 nitrogen and oxygen atoms in total. The Balaban J connectivity index is 1.49. The van der Waals surface area contributed by atoms with Gasteiger partial charge in [-0.05, 0) is 12.3 Å². The topological polar surface area (TPSA) is 91.1 Å². The summed E-state index contributed by atoms with van der Waals surface area (Å²) in [6.45, 7) is 1.23. The fraction of sp³-hybridized carbons (Fsp3) is 0.789. The van der Waals surface area contributed by atoms with Crippen molar-refractivity contribution in [1.82, 2.24) is 15.3 Å². The Bertz CT molecular complexity index is 801. The summed E-state index contributed by atoms with van der Waals surface area (Å²) in [5.74, 6) is 0.0975. The molecule has 4 rings (SSSR count). The number of nitrogens with one attached hydrogen (secondary N) is 1. The van der Waals surface area contributed by atoms with Crippen LogP contribution in [-0.2, 0) is 14.3 Å². The van der Waals surface area contributed by atoms with Crippen LogP contribution in [0.4, 0.5) is 13.2 Å². The third-order valence-corrected chi connectivity index (χ3v) is 6.38. The molecule has 1 saturated heterocycles. The Labute approximate surface area is 178 Å². The van der Waals surface area contributed by atoms with Crippen molar-refractivity contribution in [2.75, 3.05) is 33.9 Å². The third kappa shape index (κ3) is 4.35. The molecule has 0 saturated carbocycles.